The molecule has 0 unspecified atom stereocenters. The molecule has 23 heavy (non-hydrogen) atoms. The highest BCUT2D eigenvalue weighted by Gasteiger charge is 2.30. The number of non-ortho nitro benzene ring substituents is 1. The zero-order chi connectivity index (χ0) is 17.1. The number of amides is 2. The lowest BCUT2D eigenvalue weighted by Crippen LogP contribution is -2.22. The summed E-state index contributed by atoms with van der Waals surface area (Å²) < 4.78 is 0. The van der Waals surface area contributed by atoms with E-state index in [-0.39, 0.29) is 17.3 Å². The normalized spacial score (nSPS) is 16.8. The van der Waals surface area contributed by atoms with E-state index in [0.29, 0.717) is 0 Å². The molecule has 0 radical (unpaired) electrons. The van der Waals surface area contributed by atoms with E-state index in [1.165, 1.54) is 0 Å². The Morgan fingerprint density at radius 3 is 2.57 bits per heavy atom. The first-order chi connectivity index (χ1) is 10.8. The average Bonchev–Trinajstić information content (AvgIpc) is 2.76. The Hall–Kier alpha value is -3.02. The van der Waals surface area contributed by atoms with Gasteiger partial charge in [0.1, 0.15) is 10.9 Å². The number of aliphatic imine (C=N–C) groups is 1. The molecule has 2 amide bonds. The molecule has 12 heteroatoms. The third-order valence-electron chi connectivity index (χ3n) is 2.79. The molecule has 0 fully saturated rings. The Morgan fingerprint density at radius 2 is 2.04 bits per heavy atom. The van der Waals surface area contributed by atoms with Crippen LogP contribution in [0.2, 0.25) is 0 Å². The lowest BCUT2D eigenvalue weighted by molar-refractivity contribution is -0.393. The summed E-state index contributed by atoms with van der Waals surface area (Å²) in [6.45, 7) is 0. The number of rotatable bonds is 5. The molecular formula is C11H9N5O6S. The van der Waals surface area contributed by atoms with Crippen LogP contribution in [0.4, 0.5) is 17.1 Å². The highest BCUT2D eigenvalue weighted by atomic mass is 32.2. The van der Waals surface area contributed by atoms with Crippen LogP contribution in [0, 0.1) is 20.2 Å². The van der Waals surface area contributed by atoms with Crippen molar-refractivity contribution >= 4 is 45.8 Å². The topological polar surface area (TPSA) is 171 Å². The van der Waals surface area contributed by atoms with Gasteiger partial charge in [0.15, 0.2) is 5.17 Å². The molecule has 2 rings (SSSR count). The molecule has 1 aromatic rings. The monoisotopic (exact) mass is 339 g/mol. The van der Waals surface area contributed by atoms with Crippen molar-refractivity contribution in [3.05, 3.63) is 38.4 Å². The molecule has 11 nitrogen and oxygen atoms in total. The zero-order valence-electron chi connectivity index (χ0n) is 11.3. The molecule has 1 heterocycles. The van der Waals surface area contributed by atoms with E-state index < -0.39 is 38.3 Å². The predicted molar refractivity (Wildman–Crippen MR) is 81.0 cm³/mol. The minimum Gasteiger partial charge on any atom is -0.378 e. The van der Waals surface area contributed by atoms with Gasteiger partial charge in [-0.15, -0.1) is 0 Å². The maximum absolute atomic E-state index is 11.9. The molecular weight excluding hydrogens is 330 g/mol. The Labute approximate surface area is 132 Å². The van der Waals surface area contributed by atoms with Crippen molar-refractivity contribution in [1.29, 1.82) is 0 Å². The second kappa shape index (κ2) is 6.39. The van der Waals surface area contributed by atoms with Gasteiger partial charge in [0.25, 0.3) is 17.3 Å². The standard InChI is InChI=1S/C11H9N5O6S/c12-11-14-10(18)8(23-11)4-9(17)13-6-2-1-5(15(19)20)3-7(6)16(21)22/h1-3,8H,4H2,(H,13,17)(H2,12,14,18)/t8-/m0/s1. The van der Waals surface area contributed by atoms with E-state index in [1.807, 2.05) is 0 Å². The summed E-state index contributed by atoms with van der Waals surface area (Å²) in [5, 5.41) is 23.1. The van der Waals surface area contributed by atoms with Gasteiger partial charge in [-0.3, -0.25) is 29.8 Å². The second-order valence-electron chi connectivity index (χ2n) is 4.36. The van der Waals surface area contributed by atoms with Crippen LogP contribution in [0.5, 0.6) is 0 Å². The molecule has 0 saturated heterocycles. The van der Waals surface area contributed by atoms with Crippen LogP contribution < -0.4 is 11.1 Å². The average molecular weight is 339 g/mol. The molecule has 3 N–H and O–H groups in total. The Kier molecular flexibility index (Phi) is 4.55. The number of amidine groups is 1. The fourth-order valence-corrected chi connectivity index (χ4v) is 2.61. The first kappa shape index (κ1) is 16.4. The molecule has 1 atom stereocenters. The number of hydrogen-bond acceptors (Lipinski definition) is 8. The second-order valence-corrected chi connectivity index (χ2v) is 5.59. The van der Waals surface area contributed by atoms with Crippen molar-refractivity contribution in [2.45, 2.75) is 11.7 Å². The van der Waals surface area contributed by atoms with Crippen LogP contribution in [0.3, 0.4) is 0 Å². The molecule has 1 aliphatic heterocycles. The number of hydrogen-bond donors (Lipinski definition) is 2. The van der Waals surface area contributed by atoms with Crippen LogP contribution in [0.25, 0.3) is 0 Å². The molecule has 120 valence electrons. The van der Waals surface area contributed by atoms with E-state index in [0.717, 1.165) is 30.0 Å². The van der Waals surface area contributed by atoms with Crippen molar-refractivity contribution < 1.29 is 19.4 Å². The molecule has 0 bridgehead atoms. The van der Waals surface area contributed by atoms with Crippen LogP contribution in [-0.4, -0.2) is 32.1 Å². The Bertz CT molecular complexity index is 748. The summed E-state index contributed by atoms with van der Waals surface area (Å²) >= 11 is 0.924. The number of benzene rings is 1. The van der Waals surface area contributed by atoms with E-state index in [2.05, 4.69) is 10.3 Å². The fourth-order valence-electron chi connectivity index (χ4n) is 1.79. The zero-order valence-corrected chi connectivity index (χ0v) is 12.1. The number of anilines is 1. The minimum absolute atomic E-state index is 0.0501. The molecule has 1 aliphatic rings. The number of thioether (sulfide) groups is 1. The van der Waals surface area contributed by atoms with E-state index in [1.54, 1.807) is 0 Å². The van der Waals surface area contributed by atoms with Gasteiger partial charge in [0.05, 0.1) is 15.9 Å². The Balaban J connectivity index is 2.13. The van der Waals surface area contributed by atoms with Crippen molar-refractivity contribution in [2.24, 2.45) is 10.7 Å². The van der Waals surface area contributed by atoms with Crippen molar-refractivity contribution in [1.82, 2.24) is 0 Å². The minimum atomic E-state index is -0.848. The van der Waals surface area contributed by atoms with Gasteiger partial charge in [-0.05, 0) is 6.07 Å². The third kappa shape index (κ3) is 3.79. The highest BCUT2D eigenvalue weighted by molar-refractivity contribution is 8.15. The number of nitrogens with one attached hydrogen (secondary N) is 1. The van der Waals surface area contributed by atoms with Gasteiger partial charge in [-0.1, -0.05) is 11.8 Å². The van der Waals surface area contributed by atoms with Gasteiger partial charge in [0.2, 0.25) is 5.91 Å². The number of nitro benzene ring substituents is 2. The summed E-state index contributed by atoms with van der Waals surface area (Å²) in [7, 11) is 0. The lowest BCUT2D eigenvalue weighted by atomic mass is 10.2. The summed E-state index contributed by atoms with van der Waals surface area (Å²) in [4.78, 5) is 46.7. The maximum atomic E-state index is 11.9. The number of carbonyl (C=O) groups is 2. The van der Waals surface area contributed by atoms with Gasteiger partial charge in [-0.25, -0.2) is 0 Å². The van der Waals surface area contributed by atoms with Gasteiger partial charge in [-0.2, -0.15) is 4.99 Å². The maximum Gasteiger partial charge on any atom is 0.299 e. The highest BCUT2D eigenvalue weighted by Crippen LogP contribution is 2.30. The van der Waals surface area contributed by atoms with Crippen molar-refractivity contribution in [3.8, 4) is 0 Å². The van der Waals surface area contributed by atoms with Crippen LogP contribution >= 0.6 is 11.8 Å². The van der Waals surface area contributed by atoms with Crippen LogP contribution in [0.1, 0.15) is 6.42 Å². The fraction of sp³-hybridized carbons (Fsp3) is 0.182. The largest absolute Gasteiger partial charge is 0.378 e. The SMILES string of the molecule is NC1=NC(=O)[C@H](CC(=O)Nc2ccc([N+](=O)[O-])cc2[N+](=O)[O-])S1. The molecule has 0 spiro atoms. The van der Waals surface area contributed by atoms with E-state index >= 15 is 0 Å². The summed E-state index contributed by atoms with van der Waals surface area (Å²) in [6, 6.07) is 2.83. The summed E-state index contributed by atoms with van der Waals surface area (Å²) in [6.07, 6.45) is -0.276. The molecule has 0 aliphatic carbocycles. The third-order valence-corrected chi connectivity index (χ3v) is 3.78. The number of carbonyl (C=O) groups excluding carboxylic acids is 2. The summed E-state index contributed by atoms with van der Waals surface area (Å²) in [5.74, 6) is -1.22. The quantitative estimate of drug-likeness (QED) is 0.585. The molecule has 0 aromatic heterocycles. The van der Waals surface area contributed by atoms with Crippen molar-refractivity contribution in [2.75, 3.05) is 5.32 Å². The number of nitrogens with zero attached hydrogens (tertiary/aromatic N) is 3. The van der Waals surface area contributed by atoms with Gasteiger partial charge >= 0.3 is 0 Å². The first-order valence-electron chi connectivity index (χ1n) is 6.05. The summed E-state index contributed by atoms with van der Waals surface area (Å²) in [5.41, 5.74) is 4.07. The predicted octanol–water partition coefficient (Wildman–Crippen LogP) is 0.788. The lowest BCUT2D eigenvalue weighted by Gasteiger charge is -2.08. The van der Waals surface area contributed by atoms with E-state index in [9.17, 15) is 29.8 Å². The van der Waals surface area contributed by atoms with Gasteiger partial charge < -0.3 is 11.1 Å². The number of nitro groups is 2. The smallest absolute Gasteiger partial charge is 0.299 e. The Morgan fingerprint density at radius 1 is 1.35 bits per heavy atom. The van der Waals surface area contributed by atoms with E-state index in [4.69, 9.17) is 5.73 Å². The van der Waals surface area contributed by atoms with Crippen LogP contribution in [-0.2, 0) is 9.59 Å². The van der Waals surface area contributed by atoms with Crippen molar-refractivity contribution in [3.63, 3.8) is 0 Å². The van der Waals surface area contributed by atoms with Gasteiger partial charge in [0, 0.05) is 12.5 Å². The number of nitrogens with two attached hydrogens (primary N) is 1. The first-order valence-corrected chi connectivity index (χ1v) is 6.93. The molecule has 1 aromatic carbocycles. The molecule has 0 saturated carbocycles. The van der Waals surface area contributed by atoms with Crippen LogP contribution in [0.15, 0.2) is 23.2 Å².